The number of aromatic nitrogens is 4. The Labute approximate surface area is 388 Å². The molecule has 320 valence electrons. The van der Waals surface area contributed by atoms with Gasteiger partial charge in [-0.05, 0) is 89.0 Å². The molecule has 0 atom stereocenters. The smallest absolute Gasteiger partial charge is 0.288 e. The fourth-order valence-corrected chi connectivity index (χ4v) is 8.69. The van der Waals surface area contributed by atoms with Gasteiger partial charge in [0, 0.05) is 57.6 Å². The molecule has 5 heterocycles. The quantitative estimate of drug-likeness (QED) is 0.108. The van der Waals surface area contributed by atoms with Crippen LogP contribution < -0.4 is 0 Å². The van der Waals surface area contributed by atoms with Gasteiger partial charge < -0.3 is 9.97 Å². The molecule has 9 rings (SSSR count). The number of H-pyrrole nitrogens is 2. The predicted octanol–water partition coefficient (Wildman–Crippen LogP) is 14.2. The van der Waals surface area contributed by atoms with Crippen molar-refractivity contribution in [1.82, 2.24) is 19.9 Å². The first kappa shape index (κ1) is 42.8. The molecule has 65 heavy (non-hydrogen) atoms. The van der Waals surface area contributed by atoms with Gasteiger partial charge in [0.15, 0.2) is 0 Å². The van der Waals surface area contributed by atoms with Crippen LogP contribution >= 0.6 is 58.0 Å². The van der Waals surface area contributed by atoms with E-state index in [2.05, 4.69) is 9.97 Å². The van der Waals surface area contributed by atoms with Crippen molar-refractivity contribution in [3.63, 3.8) is 0 Å². The third kappa shape index (κ3) is 7.72. The summed E-state index contributed by atoms with van der Waals surface area (Å²) in [6, 6.07) is 21.8. The van der Waals surface area contributed by atoms with Gasteiger partial charge >= 0.3 is 0 Å². The molecule has 0 unspecified atom stereocenters. The minimum Gasteiger partial charge on any atom is -0.354 e. The lowest BCUT2D eigenvalue weighted by atomic mass is 10.0. The topological polar surface area (TPSA) is 230 Å². The number of aromatic amines is 2. The average Bonchev–Trinajstić information content (AvgIpc) is 4.10. The zero-order valence-electron chi connectivity index (χ0n) is 32.3. The Balaban J connectivity index is 1.51. The van der Waals surface area contributed by atoms with Gasteiger partial charge in [0.2, 0.25) is 0 Å². The predicted molar refractivity (Wildman–Crippen MR) is 252 cm³/mol. The second kappa shape index (κ2) is 16.6. The average molecular weight is 967 g/mol. The van der Waals surface area contributed by atoms with Crippen LogP contribution in [0.2, 0.25) is 25.1 Å². The van der Waals surface area contributed by atoms with Gasteiger partial charge in [-0.2, -0.15) is 0 Å². The Morgan fingerprint density at radius 1 is 0.369 bits per heavy atom. The molecule has 0 spiro atoms. The number of nitrogens with zero attached hydrogens (tertiary/aromatic N) is 6. The number of nitro benzene ring substituents is 4. The van der Waals surface area contributed by atoms with Gasteiger partial charge in [-0.1, -0.05) is 82.3 Å². The summed E-state index contributed by atoms with van der Waals surface area (Å²) in [6.07, 6.45) is 6.58. The number of rotatable bonds is 8. The maximum Gasteiger partial charge on any atom is 0.288 e. The summed E-state index contributed by atoms with van der Waals surface area (Å²) in [6.45, 7) is 0. The molecule has 7 aromatic rings. The molecule has 0 saturated carbocycles. The third-order valence-corrected chi connectivity index (χ3v) is 12.1. The molecule has 2 aliphatic rings. The van der Waals surface area contributed by atoms with E-state index >= 15 is 0 Å². The third-order valence-electron chi connectivity index (χ3n) is 10.5. The van der Waals surface area contributed by atoms with Gasteiger partial charge in [-0.15, -0.1) is 0 Å². The summed E-state index contributed by atoms with van der Waals surface area (Å²) >= 11 is 32.2. The molecule has 0 radical (unpaired) electrons. The van der Waals surface area contributed by atoms with E-state index < -0.39 is 31.1 Å². The molecular formula is C44H21Cl5N8O8. The minimum absolute atomic E-state index is 0.0982. The van der Waals surface area contributed by atoms with Crippen molar-refractivity contribution in [2.45, 2.75) is 0 Å². The molecule has 8 bridgehead atoms. The van der Waals surface area contributed by atoms with Crippen molar-refractivity contribution < 1.29 is 19.7 Å². The highest BCUT2D eigenvalue weighted by Crippen LogP contribution is 2.44. The molecule has 4 aromatic carbocycles. The van der Waals surface area contributed by atoms with E-state index in [1.807, 2.05) is 0 Å². The van der Waals surface area contributed by atoms with Crippen LogP contribution in [0.25, 0.3) is 90.9 Å². The van der Waals surface area contributed by atoms with E-state index in [-0.39, 0.29) is 87.0 Å². The van der Waals surface area contributed by atoms with Crippen LogP contribution in [0.1, 0.15) is 22.8 Å². The van der Waals surface area contributed by atoms with Crippen molar-refractivity contribution in [2.75, 3.05) is 0 Å². The fraction of sp³-hybridized carbons (Fsp3) is 0. The zero-order valence-corrected chi connectivity index (χ0v) is 36.1. The van der Waals surface area contributed by atoms with E-state index in [1.54, 1.807) is 66.8 Å². The van der Waals surface area contributed by atoms with Crippen LogP contribution in [0.4, 0.5) is 22.7 Å². The van der Waals surface area contributed by atoms with Crippen LogP contribution in [-0.2, 0) is 0 Å². The van der Waals surface area contributed by atoms with Crippen molar-refractivity contribution >= 4 is 127 Å². The SMILES string of the molecule is O=[N+]([O-])c1cc(-c2c3nc(c(-c4ccc(Cl)c([N+](=O)[O-])c4)c4cc(Cl)c([nH]4)c(-c4ccc(Cl)c([N+](=O)[O-])c4)c4nc(c(-c5ccc(Cl)c([N+](=O)[O-])c5)c5ccc2[nH]5)C=C4)C=C3)ccc1Cl. The van der Waals surface area contributed by atoms with Gasteiger partial charge in [0.05, 0.1) is 58.5 Å². The Morgan fingerprint density at radius 2 is 0.677 bits per heavy atom. The summed E-state index contributed by atoms with van der Waals surface area (Å²) in [5.74, 6) is 0. The van der Waals surface area contributed by atoms with Gasteiger partial charge in [-0.25, -0.2) is 9.97 Å². The number of benzene rings is 4. The van der Waals surface area contributed by atoms with Crippen molar-refractivity contribution in [3.8, 4) is 44.5 Å². The summed E-state index contributed by atoms with van der Waals surface area (Å²) in [5, 5.41) is 48.4. The monoisotopic (exact) mass is 964 g/mol. The number of fused-ring (bicyclic) bond motifs is 8. The largest absolute Gasteiger partial charge is 0.354 e. The lowest BCUT2D eigenvalue weighted by Gasteiger charge is -2.08. The Bertz CT molecular complexity index is 3550. The number of hydrogen-bond acceptors (Lipinski definition) is 10. The first-order valence-corrected chi connectivity index (χ1v) is 20.6. The Morgan fingerprint density at radius 3 is 1.02 bits per heavy atom. The molecule has 0 fully saturated rings. The molecule has 0 aliphatic carbocycles. The van der Waals surface area contributed by atoms with E-state index in [4.69, 9.17) is 68.0 Å². The normalized spacial score (nSPS) is 11.8. The molecule has 2 aliphatic heterocycles. The Kier molecular flexibility index (Phi) is 10.9. The lowest BCUT2D eigenvalue weighted by molar-refractivity contribution is -0.384. The summed E-state index contributed by atoms with van der Waals surface area (Å²) in [7, 11) is 0. The van der Waals surface area contributed by atoms with Gasteiger partial charge in [-0.3, -0.25) is 40.5 Å². The van der Waals surface area contributed by atoms with E-state index in [1.165, 1.54) is 48.5 Å². The van der Waals surface area contributed by atoms with E-state index in [0.29, 0.717) is 38.9 Å². The lowest BCUT2D eigenvalue weighted by Crippen LogP contribution is -1.94. The van der Waals surface area contributed by atoms with Crippen molar-refractivity contribution in [1.29, 1.82) is 0 Å². The zero-order chi connectivity index (χ0) is 46.0. The molecule has 2 N–H and O–H groups in total. The van der Waals surface area contributed by atoms with Crippen LogP contribution in [0.3, 0.4) is 0 Å². The second-order valence-corrected chi connectivity index (χ2v) is 16.4. The number of nitro groups is 4. The molecule has 21 heteroatoms. The highest BCUT2D eigenvalue weighted by atomic mass is 35.5. The molecular weight excluding hydrogens is 946 g/mol. The van der Waals surface area contributed by atoms with Crippen molar-refractivity contribution in [3.05, 3.63) is 179 Å². The maximum absolute atomic E-state index is 12.2. The number of hydrogen-bond donors (Lipinski definition) is 2. The maximum atomic E-state index is 12.2. The van der Waals surface area contributed by atoms with Crippen molar-refractivity contribution in [2.24, 2.45) is 0 Å². The highest BCUT2D eigenvalue weighted by Gasteiger charge is 2.25. The van der Waals surface area contributed by atoms with Crippen LogP contribution in [-0.4, -0.2) is 39.6 Å². The van der Waals surface area contributed by atoms with Crippen LogP contribution in [0.5, 0.6) is 0 Å². The van der Waals surface area contributed by atoms with Crippen LogP contribution in [0.15, 0.2) is 91.0 Å². The summed E-state index contributed by atoms with van der Waals surface area (Å²) in [5.41, 5.74) is 3.23. The minimum atomic E-state index is -0.638. The first-order valence-electron chi connectivity index (χ1n) is 18.7. The van der Waals surface area contributed by atoms with E-state index in [0.717, 1.165) is 0 Å². The molecule has 0 saturated heterocycles. The number of halogens is 5. The second-order valence-electron chi connectivity index (χ2n) is 14.3. The Hall–Kier alpha value is -7.47. The molecule has 3 aromatic heterocycles. The first-order chi connectivity index (χ1) is 31.1. The van der Waals surface area contributed by atoms with Gasteiger partial charge in [0.1, 0.15) is 20.1 Å². The molecule has 16 nitrogen and oxygen atoms in total. The summed E-state index contributed by atoms with van der Waals surface area (Å²) in [4.78, 5) is 63.0. The standard InChI is InChI=1S/C44H21Cl5N8O8/c45-24-5-1-20(15-36(24)54(58)59)40-29-9-10-30(50-29)41(21-2-6-25(46)37(16-21)55(60)61)32-13-14-34(52-32)43(23-4-8-27(48)39(18-23)57(64)65)44-28(49)19-35(53-44)42(33-12-11-31(40)51-33)22-3-7-26(47)38(17-22)56(62)63/h1-19,50,53H. The fourth-order valence-electron chi connectivity index (χ4n) is 7.69. The van der Waals surface area contributed by atoms with Crippen LogP contribution in [0, 0.1) is 40.5 Å². The summed E-state index contributed by atoms with van der Waals surface area (Å²) < 4.78 is 0. The van der Waals surface area contributed by atoms with Gasteiger partial charge in [0.25, 0.3) is 22.7 Å². The molecule has 0 amide bonds. The number of nitrogens with one attached hydrogen (secondary N) is 2. The van der Waals surface area contributed by atoms with E-state index in [9.17, 15) is 40.5 Å². The highest BCUT2D eigenvalue weighted by molar-refractivity contribution is 6.36.